The Bertz CT molecular complexity index is 1070. The Balaban J connectivity index is 1.64. The summed E-state index contributed by atoms with van der Waals surface area (Å²) in [5.74, 6) is 0.872. The zero-order valence-corrected chi connectivity index (χ0v) is 21.7. The van der Waals surface area contributed by atoms with E-state index >= 15 is 0 Å². The van der Waals surface area contributed by atoms with Crippen molar-refractivity contribution in [2.75, 3.05) is 19.1 Å². The minimum absolute atomic E-state index is 0.00578. The first-order valence-electron chi connectivity index (χ1n) is 12.2. The van der Waals surface area contributed by atoms with Crippen molar-refractivity contribution < 1.29 is 24.2 Å². The second-order valence-electron chi connectivity index (χ2n) is 10.6. The molecule has 1 aliphatic carbocycles. The molecule has 8 heteroatoms. The van der Waals surface area contributed by atoms with Gasteiger partial charge in [-0.3, -0.25) is 10.1 Å². The van der Waals surface area contributed by atoms with Gasteiger partial charge in [-0.2, -0.15) is 0 Å². The molecule has 4 bridgehead atoms. The maximum absolute atomic E-state index is 13.1. The summed E-state index contributed by atoms with van der Waals surface area (Å²) < 4.78 is 11.0. The Morgan fingerprint density at radius 2 is 2.06 bits per heavy atom. The minimum Gasteiger partial charge on any atom is -0.495 e. The van der Waals surface area contributed by atoms with Gasteiger partial charge < -0.3 is 19.5 Å². The Morgan fingerprint density at radius 1 is 1.29 bits per heavy atom. The molecule has 1 saturated carbocycles. The number of carbonyl (C=O) groups excluding carboxylic acids is 2. The maximum Gasteiger partial charge on any atom is 0.409 e. The van der Waals surface area contributed by atoms with Crippen LogP contribution in [0.2, 0.25) is 5.02 Å². The number of nitrogens with one attached hydrogen (secondary N) is 1. The fraction of sp³-hybridized carbons (Fsp3) is 0.556. The van der Waals surface area contributed by atoms with Gasteiger partial charge in [-0.1, -0.05) is 42.3 Å². The van der Waals surface area contributed by atoms with Crippen molar-refractivity contribution in [2.45, 2.75) is 70.6 Å². The second-order valence-corrected chi connectivity index (χ2v) is 11.0. The third-order valence-corrected chi connectivity index (χ3v) is 8.04. The topological polar surface area (TPSA) is 88.1 Å². The summed E-state index contributed by atoms with van der Waals surface area (Å²) in [6.45, 7) is 4.19. The number of anilines is 1. The van der Waals surface area contributed by atoms with Crippen LogP contribution in [0.4, 0.5) is 10.5 Å². The quantitative estimate of drug-likeness (QED) is 0.555. The predicted molar refractivity (Wildman–Crippen MR) is 136 cm³/mol. The molecule has 1 aromatic carbocycles. The van der Waals surface area contributed by atoms with Gasteiger partial charge >= 0.3 is 6.09 Å². The van der Waals surface area contributed by atoms with Crippen LogP contribution in [-0.2, 0) is 16.0 Å². The molecule has 0 spiro atoms. The van der Waals surface area contributed by atoms with Crippen LogP contribution in [0.1, 0.15) is 57.9 Å². The van der Waals surface area contributed by atoms with E-state index < -0.39 is 11.8 Å². The highest BCUT2D eigenvalue weighted by molar-refractivity contribution is 6.35. The molecule has 4 atom stereocenters. The van der Waals surface area contributed by atoms with Gasteiger partial charge in [-0.15, -0.1) is 0 Å². The lowest BCUT2D eigenvalue weighted by molar-refractivity contribution is -0.118. The first-order chi connectivity index (χ1) is 16.5. The number of amides is 2. The number of hydrogen-bond acceptors (Lipinski definition) is 5. The fourth-order valence-corrected chi connectivity index (χ4v) is 5.62. The highest BCUT2D eigenvalue weighted by Gasteiger charge is 2.52. The number of alkyl carbamates (subject to hydrolysis) is 1. The highest BCUT2D eigenvalue weighted by Crippen LogP contribution is 2.58. The summed E-state index contributed by atoms with van der Waals surface area (Å²) in [4.78, 5) is 26.9. The van der Waals surface area contributed by atoms with Crippen LogP contribution in [-0.4, -0.2) is 43.1 Å². The fourth-order valence-electron chi connectivity index (χ4n) is 5.31. The summed E-state index contributed by atoms with van der Waals surface area (Å²) in [6, 6.07) is 3.84. The van der Waals surface area contributed by atoms with Crippen LogP contribution in [0.25, 0.3) is 0 Å². The summed E-state index contributed by atoms with van der Waals surface area (Å²) in [5, 5.41) is 14.0. The van der Waals surface area contributed by atoms with E-state index in [1.54, 1.807) is 19.1 Å². The molecule has 2 N–H and O–H groups in total. The summed E-state index contributed by atoms with van der Waals surface area (Å²) in [5.41, 5.74) is 1.38. The minimum atomic E-state index is -1.33. The molecule has 2 aliphatic heterocycles. The van der Waals surface area contributed by atoms with E-state index in [1.165, 1.54) is 0 Å². The van der Waals surface area contributed by atoms with Crippen LogP contribution >= 0.6 is 11.6 Å². The van der Waals surface area contributed by atoms with E-state index in [-0.39, 0.29) is 17.4 Å². The van der Waals surface area contributed by atoms with Crippen molar-refractivity contribution in [1.29, 1.82) is 0 Å². The van der Waals surface area contributed by atoms with Gasteiger partial charge in [0.15, 0.2) is 0 Å². The lowest BCUT2D eigenvalue weighted by Gasteiger charge is -2.37. The van der Waals surface area contributed by atoms with Gasteiger partial charge in [-0.25, -0.2) is 4.79 Å². The molecule has 3 unspecified atom stereocenters. The third-order valence-electron chi connectivity index (χ3n) is 7.66. The van der Waals surface area contributed by atoms with E-state index in [9.17, 15) is 14.7 Å². The number of allylic oxidation sites excluding steroid dienone is 3. The van der Waals surface area contributed by atoms with E-state index in [1.807, 2.05) is 37.3 Å². The maximum atomic E-state index is 13.1. The van der Waals surface area contributed by atoms with Crippen molar-refractivity contribution in [1.82, 2.24) is 5.32 Å². The first-order valence-corrected chi connectivity index (χ1v) is 12.6. The zero-order chi connectivity index (χ0) is 25.4. The van der Waals surface area contributed by atoms with E-state index in [0.717, 1.165) is 24.0 Å². The number of carbonyl (C=O) groups is 2. The van der Waals surface area contributed by atoms with Gasteiger partial charge in [-0.05, 0) is 61.6 Å². The lowest BCUT2D eigenvalue weighted by atomic mass is 9.92. The Hall–Kier alpha value is -2.51. The zero-order valence-electron chi connectivity index (χ0n) is 20.9. The number of nitrogens with zero attached hydrogens (tertiary/aromatic N) is 1. The van der Waals surface area contributed by atoms with Crippen LogP contribution in [0.3, 0.4) is 0 Å². The molecule has 3 aliphatic rings. The molecular weight excluding hydrogens is 468 g/mol. The molecule has 1 saturated heterocycles. The molecule has 2 fully saturated rings. The predicted octanol–water partition coefficient (Wildman–Crippen LogP) is 5.14. The van der Waals surface area contributed by atoms with Gasteiger partial charge in [0, 0.05) is 26.3 Å². The van der Waals surface area contributed by atoms with Crippen molar-refractivity contribution in [3.8, 4) is 5.75 Å². The smallest absolute Gasteiger partial charge is 0.409 e. The average Bonchev–Trinajstić information content (AvgIpc) is 3.43. The first kappa shape index (κ1) is 25.6. The van der Waals surface area contributed by atoms with Gasteiger partial charge in [0.25, 0.3) is 0 Å². The van der Waals surface area contributed by atoms with Crippen molar-refractivity contribution in [2.24, 2.45) is 11.3 Å². The van der Waals surface area contributed by atoms with Crippen molar-refractivity contribution in [3.05, 3.63) is 46.5 Å². The number of rotatable bonds is 1. The molecule has 2 heterocycles. The van der Waals surface area contributed by atoms with Crippen LogP contribution in [0.5, 0.6) is 5.75 Å². The number of halogens is 1. The Morgan fingerprint density at radius 3 is 2.80 bits per heavy atom. The van der Waals surface area contributed by atoms with Crippen LogP contribution < -0.4 is 15.0 Å². The van der Waals surface area contributed by atoms with Gasteiger partial charge in [0.1, 0.15) is 22.6 Å². The van der Waals surface area contributed by atoms with E-state index in [4.69, 9.17) is 21.1 Å². The molecule has 190 valence electrons. The third kappa shape index (κ3) is 5.84. The summed E-state index contributed by atoms with van der Waals surface area (Å²) in [6.07, 6.45) is 8.86. The Kier molecular flexibility index (Phi) is 7.21. The summed E-state index contributed by atoms with van der Waals surface area (Å²) in [7, 11) is 3.32. The number of aliphatic hydroxyl groups is 1. The molecule has 0 aromatic heterocycles. The molecule has 1 aromatic rings. The number of hydrogen-bond donors (Lipinski definition) is 2. The second kappa shape index (κ2) is 9.86. The molecule has 0 radical (unpaired) electrons. The van der Waals surface area contributed by atoms with Crippen LogP contribution in [0, 0.1) is 11.3 Å². The highest BCUT2D eigenvalue weighted by atomic mass is 35.5. The Labute approximate surface area is 212 Å². The molecular formula is C27H35ClN2O5. The number of benzene rings is 1. The number of methoxy groups -OCH3 is 1. The lowest BCUT2D eigenvalue weighted by Crippen LogP contribution is -2.56. The standard InChI is InChI=1S/C27H35ClN2O5/c1-17-7-5-6-9-27(33)16-20(35-25(32)29-27)14-19-15-26(19,2)10-8-23(31)30(3)21-12-18(11-17)13-22(34-4)24(21)28/h5-7,12-13,19-20,33H,8-11,14-16H2,1-4H3,(H,29,32)/b6-5+,17-7+/t19?,20?,26?,27-/m1/s1. The number of fused-ring (bicyclic) bond motifs is 5. The normalized spacial score (nSPS) is 34.1. The van der Waals surface area contributed by atoms with E-state index in [2.05, 4.69) is 12.2 Å². The number of ether oxygens (including phenoxy) is 2. The van der Waals surface area contributed by atoms with Crippen molar-refractivity contribution >= 4 is 29.3 Å². The molecule has 4 rings (SSSR count). The van der Waals surface area contributed by atoms with E-state index in [0.29, 0.717) is 54.5 Å². The summed E-state index contributed by atoms with van der Waals surface area (Å²) >= 11 is 6.59. The van der Waals surface area contributed by atoms with Gasteiger partial charge in [0.05, 0.1) is 12.8 Å². The van der Waals surface area contributed by atoms with Crippen molar-refractivity contribution in [3.63, 3.8) is 0 Å². The average molecular weight is 503 g/mol. The largest absolute Gasteiger partial charge is 0.495 e. The SMILES string of the molecule is COc1cc2cc(c1Cl)N(C)C(=O)CCC1(C)CC1CC1C[C@](O)(C/C=C/C=C(\C)C2)NC(=O)O1. The van der Waals surface area contributed by atoms with Gasteiger partial charge in [0.2, 0.25) is 5.91 Å². The molecule has 35 heavy (non-hydrogen) atoms. The molecule has 2 amide bonds. The van der Waals surface area contributed by atoms with Crippen LogP contribution in [0.15, 0.2) is 35.9 Å². The molecule has 7 nitrogen and oxygen atoms in total. The monoisotopic (exact) mass is 502 g/mol.